The number of para-hydroxylation sites is 1. The Morgan fingerprint density at radius 3 is 2.67 bits per heavy atom. The molecule has 0 unspecified atom stereocenters. The fourth-order valence-corrected chi connectivity index (χ4v) is 3.08. The Labute approximate surface area is 143 Å². The van der Waals surface area contributed by atoms with Gasteiger partial charge in [-0.2, -0.15) is 0 Å². The van der Waals surface area contributed by atoms with E-state index in [1.807, 2.05) is 18.2 Å². The maximum absolute atomic E-state index is 9.25. The molecule has 1 heterocycles. The van der Waals surface area contributed by atoms with E-state index < -0.39 is 0 Å². The zero-order valence-electron chi connectivity index (χ0n) is 13.9. The molecule has 1 aliphatic heterocycles. The van der Waals surface area contributed by atoms with Gasteiger partial charge in [0.25, 0.3) is 0 Å². The SMILES string of the molecule is Nc1ccc(NCc2ccccc2N2CCOCC2)c(CCO)c1. The summed E-state index contributed by atoms with van der Waals surface area (Å²) in [6.07, 6.45) is 0.596. The lowest BCUT2D eigenvalue weighted by Gasteiger charge is -2.30. The quantitative estimate of drug-likeness (QED) is 0.710. The van der Waals surface area contributed by atoms with Gasteiger partial charge in [0, 0.05) is 43.3 Å². The standard InChI is InChI=1S/C19H25N3O2/c20-17-5-6-18(15(13-17)7-10-23)21-14-16-3-1-2-4-19(16)22-8-11-24-12-9-22/h1-6,13,21,23H,7-12,14,20H2. The molecule has 24 heavy (non-hydrogen) atoms. The van der Waals surface area contributed by atoms with Crippen LogP contribution in [0.4, 0.5) is 17.1 Å². The predicted molar refractivity (Wildman–Crippen MR) is 98.4 cm³/mol. The number of nitrogens with one attached hydrogen (secondary N) is 1. The molecule has 0 aromatic heterocycles. The topological polar surface area (TPSA) is 70.8 Å². The fourth-order valence-electron chi connectivity index (χ4n) is 3.08. The normalized spacial score (nSPS) is 14.6. The third kappa shape index (κ3) is 3.99. The monoisotopic (exact) mass is 327 g/mol. The van der Waals surface area contributed by atoms with Gasteiger partial charge in [0.1, 0.15) is 0 Å². The Morgan fingerprint density at radius 2 is 1.88 bits per heavy atom. The van der Waals surface area contributed by atoms with Crippen LogP contribution in [0.3, 0.4) is 0 Å². The third-order valence-electron chi connectivity index (χ3n) is 4.32. The Morgan fingerprint density at radius 1 is 1.08 bits per heavy atom. The van der Waals surface area contributed by atoms with E-state index in [1.54, 1.807) is 0 Å². The maximum Gasteiger partial charge on any atom is 0.0642 e. The minimum absolute atomic E-state index is 0.114. The molecule has 3 rings (SSSR count). The fraction of sp³-hybridized carbons (Fsp3) is 0.368. The summed E-state index contributed by atoms with van der Waals surface area (Å²) in [5.41, 5.74) is 11.2. The van der Waals surface area contributed by atoms with Crippen molar-refractivity contribution < 1.29 is 9.84 Å². The lowest BCUT2D eigenvalue weighted by atomic mass is 10.1. The summed E-state index contributed by atoms with van der Waals surface area (Å²) in [6, 6.07) is 14.3. The minimum atomic E-state index is 0.114. The summed E-state index contributed by atoms with van der Waals surface area (Å²) in [7, 11) is 0. The van der Waals surface area contributed by atoms with Crippen LogP contribution in [0.15, 0.2) is 42.5 Å². The Balaban J connectivity index is 1.75. The molecule has 2 aromatic rings. The van der Waals surface area contributed by atoms with E-state index in [0.29, 0.717) is 6.42 Å². The molecular formula is C19H25N3O2. The highest BCUT2D eigenvalue weighted by atomic mass is 16.5. The summed E-state index contributed by atoms with van der Waals surface area (Å²) in [6.45, 7) is 4.25. The van der Waals surface area contributed by atoms with Gasteiger partial charge in [-0.05, 0) is 41.8 Å². The van der Waals surface area contributed by atoms with Gasteiger partial charge >= 0.3 is 0 Å². The highest BCUT2D eigenvalue weighted by Gasteiger charge is 2.14. The van der Waals surface area contributed by atoms with Crippen LogP contribution in [0.5, 0.6) is 0 Å². The summed E-state index contributed by atoms with van der Waals surface area (Å²) >= 11 is 0. The Hall–Kier alpha value is -2.24. The highest BCUT2D eigenvalue weighted by Crippen LogP contribution is 2.24. The van der Waals surface area contributed by atoms with Crippen molar-refractivity contribution in [3.05, 3.63) is 53.6 Å². The van der Waals surface area contributed by atoms with E-state index in [9.17, 15) is 5.11 Å². The first-order chi connectivity index (χ1) is 11.8. The van der Waals surface area contributed by atoms with Gasteiger partial charge in [-0.1, -0.05) is 18.2 Å². The average molecular weight is 327 g/mol. The van der Waals surface area contributed by atoms with Gasteiger partial charge in [0.15, 0.2) is 0 Å². The van der Waals surface area contributed by atoms with Gasteiger partial charge in [0.2, 0.25) is 0 Å². The molecule has 1 fully saturated rings. The summed E-state index contributed by atoms with van der Waals surface area (Å²) in [4.78, 5) is 2.37. The van der Waals surface area contributed by atoms with Crippen molar-refractivity contribution in [2.45, 2.75) is 13.0 Å². The van der Waals surface area contributed by atoms with Gasteiger partial charge in [0.05, 0.1) is 13.2 Å². The molecule has 2 aromatic carbocycles. The number of morpholine rings is 1. The molecule has 4 N–H and O–H groups in total. The van der Waals surface area contributed by atoms with Gasteiger partial charge in [-0.3, -0.25) is 0 Å². The van der Waals surface area contributed by atoms with Crippen LogP contribution in [-0.4, -0.2) is 38.0 Å². The summed E-state index contributed by atoms with van der Waals surface area (Å²) in [5, 5.41) is 12.7. The van der Waals surface area contributed by atoms with Crippen molar-refractivity contribution in [3.63, 3.8) is 0 Å². The molecule has 0 bridgehead atoms. The maximum atomic E-state index is 9.25. The zero-order valence-corrected chi connectivity index (χ0v) is 13.9. The molecule has 5 nitrogen and oxygen atoms in total. The van der Waals surface area contributed by atoms with E-state index in [-0.39, 0.29) is 6.61 Å². The number of nitrogen functional groups attached to an aromatic ring is 1. The van der Waals surface area contributed by atoms with Crippen molar-refractivity contribution in [2.24, 2.45) is 0 Å². The van der Waals surface area contributed by atoms with Crippen LogP contribution in [0, 0.1) is 0 Å². The first-order valence-electron chi connectivity index (χ1n) is 8.41. The molecule has 0 saturated carbocycles. The van der Waals surface area contributed by atoms with E-state index in [1.165, 1.54) is 11.3 Å². The molecular weight excluding hydrogens is 302 g/mol. The molecule has 1 saturated heterocycles. The zero-order chi connectivity index (χ0) is 16.8. The van der Waals surface area contributed by atoms with Crippen LogP contribution < -0.4 is 16.0 Å². The van der Waals surface area contributed by atoms with E-state index >= 15 is 0 Å². The van der Waals surface area contributed by atoms with Crippen molar-refractivity contribution in [3.8, 4) is 0 Å². The highest BCUT2D eigenvalue weighted by molar-refractivity contribution is 5.60. The number of anilines is 3. The summed E-state index contributed by atoms with van der Waals surface area (Å²) < 4.78 is 5.45. The largest absolute Gasteiger partial charge is 0.399 e. The Bertz CT molecular complexity index is 669. The minimum Gasteiger partial charge on any atom is -0.399 e. The smallest absolute Gasteiger partial charge is 0.0642 e. The molecule has 5 heteroatoms. The molecule has 0 atom stereocenters. The van der Waals surface area contributed by atoms with Crippen LogP contribution in [0.1, 0.15) is 11.1 Å². The predicted octanol–water partition coefficient (Wildman–Crippen LogP) is 2.25. The van der Waals surface area contributed by atoms with Crippen molar-refractivity contribution in [2.75, 3.05) is 48.9 Å². The lowest BCUT2D eigenvalue weighted by molar-refractivity contribution is 0.122. The van der Waals surface area contributed by atoms with Gasteiger partial charge in [-0.15, -0.1) is 0 Å². The average Bonchev–Trinajstić information content (AvgIpc) is 2.62. The summed E-state index contributed by atoms with van der Waals surface area (Å²) in [5.74, 6) is 0. The van der Waals surface area contributed by atoms with E-state index in [2.05, 4.69) is 34.5 Å². The van der Waals surface area contributed by atoms with Crippen molar-refractivity contribution in [1.82, 2.24) is 0 Å². The van der Waals surface area contributed by atoms with Crippen LogP contribution in [0.25, 0.3) is 0 Å². The first-order valence-corrected chi connectivity index (χ1v) is 8.41. The van der Waals surface area contributed by atoms with Crippen LogP contribution in [-0.2, 0) is 17.7 Å². The van der Waals surface area contributed by atoms with Gasteiger partial charge < -0.3 is 25.8 Å². The molecule has 0 spiro atoms. The third-order valence-corrected chi connectivity index (χ3v) is 4.32. The Kier molecular flexibility index (Phi) is 5.56. The molecule has 0 amide bonds. The molecule has 0 radical (unpaired) electrons. The first kappa shape index (κ1) is 16.6. The number of ether oxygens (including phenoxy) is 1. The molecule has 1 aliphatic rings. The van der Waals surface area contributed by atoms with Crippen LogP contribution in [0.2, 0.25) is 0 Å². The van der Waals surface area contributed by atoms with Crippen LogP contribution >= 0.6 is 0 Å². The lowest BCUT2D eigenvalue weighted by Crippen LogP contribution is -2.36. The van der Waals surface area contributed by atoms with Crippen molar-refractivity contribution >= 4 is 17.1 Å². The number of rotatable bonds is 6. The number of hydrogen-bond acceptors (Lipinski definition) is 5. The second-order valence-corrected chi connectivity index (χ2v) is 5.97. The number of aliphatic hydroxyl groups excluding tert-OH is 1. The molecule has 128 valence electrons. The van der Waals surface area contributed by atoms with E-state index in [0.717, 1.165) is 49.8 Å². The second-order valence-electron chi connectivity index (χ2n) is 5.97. The number of aliphatic hydroxyl groups is 1. The van der Waals surface area contributed by atoms with E-state index in [4.69, 9.17) is 10.5 Å². The number of benzene rings is 2. The van der Waals surface area contributed by atoms with Gasteiger partial charge in [-0.25, -0.2) is 0 Å². The molecule has 0 aliphatic carbocycles. The van der Waals surface area contributed by atoms with Crippen molar-refractivity contribution in [1.29, 1.82) is 0 Å². The second kappa shape index (κ2) is 8.04. The number of nitrogens with zero attached hydrogens (tertiary/aromatic N) is 1. The number of nitrogens with two attached hydrogens (primary N) is 1. The number of hydrogen-bond donors (Lipinski definition) is 3.